The molecule has 0 aliphatic carbocycles. The molecule has 2 aromatic carbocycles. The van der Waals surface area contributed by atoms with Crippen molar-refractivity contribution in [3.05, 3.63) is 60.5 Å². The second-order valence-corrected chi connectivity index (χ2v) is 5.27. The molecular formula is C17H12F4N2O2. The quantitative estimate of drug-likeness (QED) is 0.711. The zero-order valence-corrected chi connectivity index (χ0v) is 12.7. The zero-order valence-electron chi connectivity index (χ0n) is 12.7. The second kappa shape index (κ2) is 6.46. The summed E-state index contributed by atoms with van der Waals surface area (Å²) in [7, 11) is 0. The number of amides is 1. The number of rotatable bonds is 4. The van der Waals surface area contributed by atoms with Crippen LogP contribution in [-0.4, -0.2) is 16.8 Å². The van der Waals surface area contributed by atoms with Gasteiger partial charge in [0.15, 0.2) is 0 Å². The van der Waals surface area contributed by atoms with E-state index in [-0.39, 0.29) is 12.2 Å². The van der Waals surface area contributed by atoms with E-state index in [4.69, 9.17) is 0 Å². The number of halogens is 4. The van der Waals surface area contributed by atoms with Crippen molar-refractivity contribution in [3.63, 3.8) is 0 Å². The van der Waals surface area contributed by atoms with Crippen LogP contribution in [0.2, 0.25) is 0 Å². The lowest BCUT2D eigenvalue weighted by atomic mass is 10.2. The van der Waals surface area contributed by atoms with Crippen LogP contribution in [0.3, 0.4) is 0 Å². The van der Waals surface area contributed by atoms with Crippen LogP contribution in [-0.2, 0) is 11.3 Å². The molecular weight excluding hydrogens is 340 g/mol. The van der Waals surface area contributed by atoms with Crippen molar-refractivity contribution in [3.8, 4) is 5.75 Å². The summed E-state index contributed by atoms with van der Waals surface area (Å²) in [5.41, 5.74) is 0.707. The fraction of sp³-hybridized carbons (Fsp3) is 0.118. The van der Waals surface area contributed by atoms with Crippen molar-refractivity contribution in [2.24, 2.45) is 0 Å². The number of carbonyl (C=O) groups excluding carboxylic acids is 1. The normalized spacial score (nSPS) is 11.5. The van der Waals surface area contributed by atoms with E-state index < -0.39 is 23.8 Å². The molecule has 0 fully saturated rings. The van der Waals surface area contributed by atoms with Crippen LogP contribution >= 0.6 is 0 Å². The SMILES string of the molecule is O=C(Cn1ccc2ccc(F)cc21)Nc1cccc(OC(F)(F)F)c1. The van der Waals surface area contributed by atoms with E-state index in [2.05, 4.69) is 10.1 Å². The molecule has 0 aliphatic rings. The van der Waals surface area contributed by atoms with Gasteiger partial charge in [0.25, 0.3) is 0 Å². The van der Waals surface area contributed by atoms with Gasteiger partial charge in [-0.05, 0) is 41.8 Å². The maximum absolute atomic E-state index is 13.3. The number of fused-ring (bicyclic) bond motifs is 1. The van der Waals surface area contributed by atoms with E-state index in [1.54, 1.807) is 22.9 Å². The summed E-state index contributed by atoms with van der Waals surface area (Å²) in [6.07, 6.45) is -3.18. The molecule has 0 spiro atoms. The summed E-state index contributed by atoms with van der Waals surface area (Å²) in [6, 6.07) is 10.9. The average molecular weight is 352 g/mol. The highest BCUT2D eigenvalue weighted by Crippen LogP contribution is 2.25. The first kappa shape index (κ1) is 16.8. The predicted molar refractivity (Wildman–Crippen MR) is 83.7 cm³/mol. The fourth-order valence-electron chi connectivity index (χ4n) is 2.42. The van der Waals surface area contributed by atoms with Crippen molar-refractivity contribution in [2.75, 3.05) is 5.32 Å². The average Bonchev–Trinajstić information content (AvgIpc) is 2.88. The number of aromatic nitrogens is 1. The summed E-state index contributed by atoms with van der Waals surface area (Å²) in [6.45, 7) is -0.114. The van der Waals surface area contributed by atoms with Gasteiger partial charge in [-0.2, -0.15) is 0 Å². The molecule has 1 heterocycles. The zero-order chi connectivity index (χ0) is 18.0. The summed E-state index contributed by atoms with van der Waals surface area (Å²) >= 11 is 0. The number of anilines is 1. The van der Waals surface area contributed by atoms with Gasteiger partial charge in [-0.1, -0.05) is 6.07 Å². The summed E-state index contributed by atoms with van der Waals surface area (Å²) in [4.78, 5) is 12.1. The van der Waals surface area contributed by atoms with Crippen molar-refractivity contribution in [2.45, 2.75) is 12.9 Å². The first-order valence-electron chi connectivity index (χ1n) is 7.20. The van der Waals surface area contributed by atoms with Crippen LogP contribution in [0.4, 0.5) is 23.2 Å². The number of hydrogen-bond acceptors (Lipinski definition) is 2. The molecule has 8 heteroatoms. The number of nitrogens with zero attached hydrogens (tertiary/aromatic N) is 1. The van der Waals surface area contributed by atoms with Gasteiger partial charge in [-0.3, -0.25) is 4.79 Å². The van der Waals surface area contributed by atoms with Crippen molar-refractivity contribution < 1.29 is 27.1 Å². The Morgan fingerprint density at radius 1 is 1.12 bits per heavy atom. The van der Waals surface area contributed by atoms with E-state index in [9.17, 15) is 22.4 Å². The number of hydrogen-bond donors (Lipinski definition) is 1. The maximum atomic E-state index is 13.3. The monoisotopic (exact) mass is 352 g/mol. The van der Waals surface area contributed by atoms with Crippen LogP contribution in [0.15, 0.2) is 54.7 Å². The highest BCUT2D eigenvalue weighted by molar-refractivity contribution is 5.92. The molecule has 1 N–H and O–H groups in total. The molecule has 1 aromatic heterocycles. The fourth-order valence-corrected chi connectivity index (χ4v) is 2.42. The minimum absolute atomic E-state index is 0.114. The number of nitrogens with one attached hydrogen (secondary N) is 1. The third-order valence-electron chi connectivity index (χ3n) is 3.40. The van der Waals surface area contributed by atoms with Gasteiger partial charge in [0.05, 0.1) is 5.52 Å². The molecule has 0 bridgehead atoms. The standard InChI is InChI=1S/C17H12F4N2O2/c18-12-5-4-11-6-7-23(15(11)8-12)10-16(24)22-13-2-1-3-14(9-13)25-17(19,20)21/h1-9H,10H2,(H,22,24). The Morgan fingerprint density at radius 3 is 2.68 bits per heavy atom. The smallest absolute Gasteiger partial charge is 0.406 e. The summed E-state index contributed by atoms with van der Waals surface area (Å²) in [5.74, 6) is -1.32. The van der Waals surface area contributed by atoms with E-state index in [0.29, 0.717) is 5.52 Å². The van der Waals surface area contributed by atoms with Crippen LogP contribution in [0.5, 0.6) is 5.75 Å². The van der Waals surface area contributed by atoms with Gasteiger partial charge in [-0.25, -0.2) is 4.39 Å². The lowest BCUT2D eigenvalue weighted by molar-refractivity contribution is -0.274. The van der Waals surface area contributed by atoms with Crippen molar-refractivity contribution in [1.29, 1.82) is 0 Å². The molecule has 3 rings (SSSR count). The van der Waals surface area contributed by atoms with Gasteiger partial charge in [0.1, 0.15) is 18.1 Å². The predicted octanol–water partition coefficient (Wildman–Crippen LogP) is 4.32. The Kier molecular flexibility index (Phi) is 4.35. The molecule has 130 valence electrons. The topological polar surface area (TPSA) is 43.3 Å². The Hall–Kier alpha value is -3.03. The van der Waals surface area contributed by atoms with Crippen LogP contribution < -0.4 is 10.1 Å². The van der Waals surface area contributed by atoms with Crippen LogP contribution in [0, 0.1) is 5.82 Å². The third-order valence-corrected chi connectivity index (χ3v) is 3.40. The molecule has 0 saturated carbocycles. The Bertz CT molecular complexity index is 918. The van der Waals surface area contributed by atoms with Gasteiger partial charge >= 0.3 is 6.36 Å². The second-order valence-electron chi connectivity index (χ2n) is 5.27. The molecule has 0 aliphatic heterocycles. The molecule has 4 nitrogen and oxygen atoms in total. The highest BCUT2D eigenvalue weighted by Gasteiger charge is 2.31. The van der Waals surface area contributed by atoms with Gasteiger partial charge in [0, 0.05) is 18.0 Å². The van der Waals surface area contributed by atoms with E-state index in [1.165, 1.54) is 24.3 Å². The first-order chi connectivity index (χ1) is 11.8. The van der Waals surface area contributed by atoms with Crippen molar-refractivity contribution >= 4 is 22.5 Å². The van der Waals surface area contributed by atoms with Gasteiger partial charge in [0.2, 0.25) is 5.91 Å². The largest absolute Gasteiger partial charge is 0.573 e. The highest BCUT2D eigenvalue weighted by atomic mass is 19.4. The van der Waals surface area contributed by atoms with Gasteiger partial charge in [-0.15, -0.1) is 13.2 Å². The Balaban J connectivity index is 1.72. The number of alkyl halides is 3. The Labute approximate surface area is 139 Å². The van der Waals surface area contributed by atoms with E-state index >= 15 is 0 Å². The number of ether oxygens (including phenoxy) is 1. The summed E-state index contributed by atoms with van der Waals surface area (Å²) in [5, 5.41) is 3.26. The molecule has 0 atom stereocenters. The molecule has 1 amide bonds. The van der Waals surface area contributed by atoms with Crippen LogP contribution in [0.25, 0.3) is 10.9 Å². The molecule has 3 aromatic rings. The van der Waals surface area contributed by atoms with E-state index in [1.807, 2.05) is 0 Å². The summed E-state index contributed by atoms with van der Waals surface area (Å²) < 4.78 is 55.4. The van der Waals surface area contributed by atoms with E-state index in [0.717, 1.165) is 17.5 Å². The van der Waals surface area contributed by atoms with Gasteiger partial charge < -0.3 is 14.6 Å². The molecule has 0 unspecified atom stereocenters. The first-order valence-corrected chi connectivity index (χ1v) is 7.20. The molecule has 0 radical (unpaired) electrons. The maximum Gasteiger partial charge on any atom is 0.573 e. The third kappa shape index (κ3) is 4.28. The molecule has 25 heavy (non-hydrogen) atoms. The minimum Gasteiger partial charge on any atom is -0.406 e. The minimum atomic E-state index is -4.81. The molecule has 0 saturated heterocycles. The lowest BCUT2D eigenvalue weighted by Gasteiger charge is -2.11. The van der Waals surface area contributed by atoms with Crippen LogP contribution in [0.1, 0.15) is 0 Å². The number of carbonyl (C=O) groups is 1. The number of benzene rings is 2. The Morgan fingerprint density at radius 2 is 1.92 bits per heavy atom. The van der Waals surface area contributed by atoms with Crippen molar-refractivity contribution in [1.82, 2.24) is 4.57 Å². The lowest BCUT2D eigenvalue weighted by Crippen LogP contribution is -2.19.